The van der Waals surface area contributed by atoms with Gasteiger partial charge in [-0.15, -0.1) is 0 Å². The van der Waals surface area contributed by atoms with Crippen LogP contribution in [-0.2, 0) is 32.0 Å². The summed E-state index contributed by atoms with van der Waals surface area (Å²) in [5.74, 6) is -1.22. The summed E-state index contributed by atoms with van der Waals surface area (Å²) < 4.78 is 17.8. The minimum atomic E-state index is -0.679. The molecule has 1 aromatic heterocycles. The van der Waals surface area contributed by atoms with Crippen LogP contribution in [0.4, 0.5) is 0 Å². The van der Waals surface area contributed by atoms with E-state index in [0.29, 0.717) is 30.7 Å². The minimum Gasteiger partial charge on any atom is -0.408 e. The first-order valence-corrected chi connectivity index (χ1v) is 12.6. The van der Waals surface area contributed by atoms with Crippen LogP contribution in [0.3, 0.4) is 0 Å². The second-order valence-corrected chi connectivity index (χ2v) is 9.04. The third kappa shape index (κ3) is 7.07. The van der Waals surface area contributed by atoms with Crippen LogP contribution >= 0.6 is 0 Å². The van der Waals surface area contributed by atoms with Crippen LogP contribution in [0.1, 0.15) is 18.4 Å². The summed E-state index contributed by atoms with van der Waals surface area (Å²) in [5.41, 5.74) is 8.91. The SMILES string of the molecule is N#CC(Cc1ccc(-c2ccc3oc(=O)n(CCOCCC(N)=O)c3c2)cc1)NC(=O)C1CNCCCO1. The summed E-state index contributed by atoms with van der Waals surface area (Å²) in [6, 6.07) is 14.7. The second-order valence-electron chi connectivity index (χ2n) is 9.04. The van der Waals surface area contributed by atoms with Crippen LogP contribution < -0.4 is 22.1 Å². The fourth-order valence-electron chi connectivity index (χ4n) is 4.23. The molecule has 0 saturated carbocycles. The normalized spacial score (nSPS) is 16.4. The molecule has 2 amide bonds. The first-order chi connectivity index (χ1) is 18.4. The maximum Gasteiger partial charge on any atom is 0.420 e. The van der Waals surface area contributed by atoms with Gasteiger partial charge in [0.25, 0.3) is 5.91 Å². The van der Waals surface area contributed by atoms with Crippen LogP contribution in [0, 0.1) is 11.3 Å². The average Bonchev–Trinajstić information content (AvgIpc) is 3.06. The molecule has 200 valence electrons. The van der Waals surface area contributed by atoms with Gasteiger partial charge in [-0.1, -0.05) is 30.3 Å². The molecule has 1 aliphatic heterocycles. The summed E-state index contributed by atoms with van der Waals surface area (Å²) in [5, 5.41) is 15.5. The van der Waals surface area contributed by atoms with Gasteiger partial charge >= 0.3 is 5.76 Å². The quantitative estimate of drug-likeness (QED) is 0.316. The van der Waals surface area contributed by atoms with Crippen LogP contribution in [0.15, 0.2) is 51.7 Å². The Morgan fingerprint density at radius 1 is 1.21 bits per heavy atom. The molecule has 0 spiro atoms. The highest BCUT2D eigenvalue weighted by Gasteiger charge is 2.23. The molecule has 2 unspecified atom stereocenters. The Kier molecular flexibility index (Phi) is 9.26. The highest BCUT2D eigenvalue weighted by Crippen LogP contribution is 2.25. The highest BCUT2D eigenvalue weighted by atomic mass is 16.5. The number of amides is 2. The van der Waals surface area contributed by atoms with Gasteiger partial charge in [0, 0.05) is 26.0 Å². The Morgan fingerprint density at radius 2 is 2.00 bits per heavy atom. The van der Waals surface area contributed by atoms with Crippen molar-refractivity contribution in [2.24, 2.45) is 5.73 Å². The topological polar surface area (TPSA) is 162 Å². The zero-order chi connectivity index (χ0) is 26.9. The zero-order valence-electron chi connectivity index (χ0n) is 21.0. The van der Waals surface area contributed by atoms with E-state index in [0.717, 1.165) is 29.7 Å². The number of primary amides is 1. The number of hydrogen-bond donors (Lipinski definition) is 3. The van der Waals surface area contributed by atoms with E-state index < -0.39 is 23.8 Å². The number of carbonyl (C=O) groups excluding carboxylic acids is 2. The number of nitrogens with zero attached hydrogens (tertiary/aromatic N) is 2. The molecule has 1 fully saturated rings. The fourth-order valence-corrected chi connectivity index (χ4v) is 4.23. The van der Waals surface area contributed by atoms with Crippen molar-refractivity contribution in [3.8, 4) is 17.2 Å². The predicted octanol–water partition coefficient (Wildman–Crippen LogP) is 1.08. The molecule has 38 heavy (non-hydrogen) atoms. The summed E-state index contributed by atoms with van der Waals surface area (Å²) in [6.07, 6.45) is 0.719. The summed E-state index contributed by atoms with van der Waals surface area (Å²) >= 11 is 0. The van der Waals surface area contributed by atoms with E-state index in [4.69, 9.17) is 19.6 Å². The number of benzene rings is 2. The molecule has 11 nitrogen and oxygen atoms in total. The van der Waals surface area contributed by atoms with E-state index in [-0.39, 0.29) is 32.1 Å². The van der Waals surface area contributed by atoms with Crippen LogP contribution in [0.25, 0.3) is 22.2 Å². The smallest absolute Gasteiger partial charge is 0.408 e. The molecule has 4 N–H and O–H groups in total. The lowest BCUT2D eigenvalue weighted by Gasteiger charge is -2.18. The standard InChI is InChI=1S/C27H31N5O6/c28-16-21(31-26(34)24-17-30-9-1-11-37-24)14-18-2-4-19(5-3-18)20-6-7-23-22(15-20)32(27(35)38-23)10-13-36-12-8-25(29)33/h2-7,15,21,24,30H,1,8-14,17H2,(H2,29,33)(H,31,34). The number of nitrogens with one attached hydrogen (secondary N) is 2. The molecule has 2 heterocycles. The number of fused-ring (bicyclic) bond motifs is 1. The molecule has 4 rings (SSSR count). The van der Waals surface area contributed by atoms with E-state index >= 15 is 0 Å². The molecular weight excluding hydrogens is 490 g/mol. The molecule has 2 atom stereocenters. The largest absolute Gasteiger partial charge is 0.420 e. The van der Waals surface area contributed by atoms with Gasteiger partial charge in [-0.05, 0) is 41.8 Å². The van der Waals surface area contributed by atoms with Gasteiger partial charge in [0.05, 0.1) is 31.3 Å². The zero-order valence-corrected chi connectivity index (χ0v) is 21.0. The number of carbonyl (C=O) groups is 2. The van der Waals surface area contributed by atoms with Crippen molar-refractivity contribution in [1.82, 2.24) is 15.2 Å². The number of oxazole rings is 1. The molecule has 0 bridgehead atoms. The molecular formula is C27H31N5O6. The lowest BCUT2D eigenvalue weighted by Crippen LogP contribution is -2.46. The number of nitrogens with two attached hydrogens (primary N) is 1. The summed E-state index contributed by atoms with van der Waals surface area (Å²) in [4.78, 5) is 35.7. The first-order valence-electron chi connectivity index (χ1n) is 12.6. The summed E-state index contributed by atoms with van der Waals surface area (Å²) in [6.45, 7) is 2.44. The Balaban J connectivity index is 1.40. The number of nitriles is 1. The van der Waals surface area contributed by atoms with Crippen LogP contribution in [-0.4, -0.2) is 61.4 Å². The van der Waals surface area contributed by atoms with Crippen molar-refractivity contribution in [1.29, 1.82) is 5.26 Å². The number of hydrogen-bond acceptors (Lipinski definition) is 8. The van der Waals surface area contributed by atoms with E-state index in [1.165, 1.54) is 4.57 Å². The number of rotatable bonds is 11. The maximum absolute atomic E-state index is 12.5. The Hall–Kier alpha value is -3.98. The average molecular weight is 522 g/mol. The van der Waals surface area contributed by atoms with Crippen LogP contribution in [0.5, 0.6) is 0 Å². The summed E-state index contributed by atoms with van der Waals surface area (Å²) in [7, 11) is 0. The van der Waals surface area contributed by atoms with Gasteiger partial charge < -0.3 is 30.3 Å². The van der Waals surface area contributed by atoms with E-state index in [1.807, 2.05) is 36.4 Å². The van der Waals surface area contributed by atoms with E-state index in [2.05, 4.69) is 16.7 Å². The Morgan fingerprint density at radius 3 is 2.76 bits per heavy atom. The van der Waals surface area contributed by atoms with E-state index in [9.17, 15) is 19.6 Å². The fraction of sp³-hybridized carbons (Fsp3) is 0.407. The van der Waals surface area contributed by atoms with Gasteiger partial charge in [0.1, 0.15) is 12.1 Å². The first kappa shape index (κ1) is 27.1. The maximum atomic E-state index is 12.5. The third-order valence-electron chi connectivity index (χ3n) is 6.26. The van der Waals surface area contributed by atoms with Crippen molar-refractivity contribution >= 4 is 22.9 Å². The van der Waals surface area contributed by atoms with Crippen molar-refractivity contribution in [3.05, 3.63) is 58.6 Å². The molecule has 0 radical (unpaired) electrons. The molecule has 1 aliphatic rings. The second kappa shape index (κ2) is 13.0. The molecule has 3 aromatic rings. The van der Waals surface area contributed by atoms with Gasteiger partial charge in [0.15, 0.2) is 5.58 Å². The van der Waals surface area contributed by atoms with Crippen molar-refractivity contribution in [2.45, 2.75) is 38.0 Å². The molecule has 11 heteroatoms. The lowest BCUT2D eigenvalue weighted by atomic mass is 10.0. The van der Waals surface area contributed by atoms with E-state index in [1.54, 1.807) is 6.07 Å². The predicted molar refractivity (Wildman–Crippen MR) is 139 cm³/mol. The van der Waals surface area contributed by atoms with Crippen molar-refractivity contribution in [3.63, 3.8) is 0 Å². The molecule has 1 saturated heterocycles. The van der Waals surface area contributed by atoms with Gasteiger partial charge in [0.2, 0.25) is 5.91 Å². The monoisotopic (exact) mass is 521 g/mol. The minimum absolute atomic E-state index is 0.120. The lowest BCUT2D eigenvalue weighted by molar-refractivity contribution is -0.132. The highest BCUT2D eigenvalue weighted by molar-refractivity contribution is 5.82. The van der Waals surface area contributed by atoms with Crippen molar-refractivity contribution in [2.75, 3.05) is 32.9 Å². The van der Waals surface area contributed by atoms with Gasteiger partial charge in [-0.2, -0.15) is 5.26 Å². The van der Waals surface area contributed by atoms with Gasteiger partial charge in [-0.3, -0.25) is 14.2 Å². The number of aromatic nitrogens is 1. The van der Waals surface area contributed by atoms with Crippen LogP contribution in [0.2, 0.25) is 0 Å². The number of ether oxygens (including phenoxy) is 2. The van der Waals surface area contributed by atoms with Crippen molar-refractivity contribution < 1.29 is 23.5 Å². The third-order valence-corrected chi connectivity index (χ3v) is 6.26. The molecule has 0 aliphatic carbocycles. The Bertz CT molecular complexity index is 1350. The van der Waals surface area contributed by atoms with Gasteiger partial charge in [-0.25, -0.2) is 4.79 Å². The Labute approximate surface area is 219 Å². The molecule has 2 aromatic carbocycles.